The van der Waals surface area contributed by atoms with Crippen molar-refractivity contribution in [2.45, 2.75) is 0 Å². The molecule has 4 heteroatoms. The molecule has 0 aliphatic carbocycles. The fourth-order valence-electron chi connectivity index (χ4n) is 6.33. The maximum Gasteiger partial charge on any atom is 0.227 e. The summed E-state index contributed by atoms with van der Waals surface area (Å²) < 4.78 is 12.9. The fourth-order valence-corrected chi connectivity index (χ4v) is 6.33. The lowest BCUT2D eigenvalue weighted by Crippen LogP contribution is -2.11. The first-order valence-corrected chi connectivity index (χ1v) is 15.0. The first-order valence-electron chi connectivity index (χ1n) is 15.0. The highest BCUT2D eigenvalue weighted by Gasteiger charge is 2.23. The summed E-state index contributed by atoms with van der Waals surface area (Å²) in [4.78, 5) is 7.42. The van der Waals surface area contributed by atoms with Crippen molar-refractivity contribution in [2.75, 3.05) is 4.90 Å². The zero-order chi connectivity index (χ0) is 29.7. The number of fused-ring (bicyclic) bond motifs is 6. The van der Waals surface area contributed by atoms with Crippen LogP contribution in [0.4, 0.5) is 17.1 Å². The van der Waals surface area contributed by atoms with Gasteiger partial charge in [0.1, 0.15) is 16.7 Å². The molecule has 0 radical (unpaired) electrons. The zero-order valence-electron chi connectivity index (χ0n) is 24.2. The normalized spacial score (nSPS) is 11.6. The van der Waals surface area contributed by atoms with Gasteiger partial charge in [0, 0.05) is 39.2 Å². The summed E-state index contributed by atoms with van der Waals surface area (Å²) >= 11 is 0. The Kier molecular flexibility index (Phi) is 5.78. The molecular formula is C41H26N2O2. The quantitative estimate of drug-likeness (QED) is 0.204. The van der Waals surface area contributed by atoms with Gasteiger partial charge in [-0.25, -0.2) is 4.98 Å². The molecule has 0 saturated heterocycles. The van der Waals surface area contributed by atoms with Crippen molar-refractivity contribution in [1.29, 1.82) is 0 Å². The molecule has 4 nitrogen and oxygen atoms in total. The molecule has 9 rings (SSSR count). The van der Waals surface area contributed by atoms with E-state index >= 15 is 0 Å². The highest BCUT2D eigenvalue weighted by atomic mass is 16.3. The minimum Gasteiger partial charge on any atom is -0.456 e. The molecule has 0 aliphatic heterocycles. The van der Waals surface area contributed by atoms with Gasteiger partial charge >= 0.3 is 0 Å². The van der Waals surface area contributed by atoms with E-state index in [2.05, 4.69) is 102 Å². The molecule has 0 atom stereocenters. The van der Waals surface area contributed by atoms with E-state index in [0.717, 1.165) is 77.6 Å². The van der Waals surface area contributed by atoms with E-state index in [1.807, 2.05) is 60.7 Å². The van der Waals surface area contributed by atoms with Crippen molar-refractivity contribution < 1.29 is 8.83 Å². The Balaban J connectivity index is 1.33. The Morgan fingerprint density at radius 3 is 1.96 bits per heavy atom. The second-order valence-corrected chi connectivity index (χ2v) is 11.2. The summed E-state index contributed by atoms with van der Waals surface area (Å²) in [5.74, 6) is 0.592. The van der Waals surface area contributed by atoms with E-state index in [9.17, 15) is 0 Å². The maximum absolute atomic E-state index is 6.58. The van der Waals surface area contributed by atoms with Crippen molar-refractivity contribution in [3.8, 4) is 22.6 Å². The molecule has 0 amide bonds. The summed E-state index contributed by atoms with van der Waals surface area (Å²) in [7, 11) is 0. The highest BCUT2D eigenvalue weighted by Crippen LogP contribution is 2.45. The Labute approximate surface area is 259 Å². The van der Waals surface area contributed by atoms with Gasteiger partial charge in [-0.3, -0.25) is 0 Å². The van der Waals surface area contributed by atoms with Crippen molar-refractivity contribution >= 4 is 60.9 Å². The predicted molar refractivity (Wildman–Crippen MR) is 184 cm³/mol. The Bertz CT molecular complexity index is 2490. The van der Waals surface area contributed by atoms with Gasteiger partial charge in [-0.1, -0.05) is 103 Å². The Morgan fingerprint density at radius 1 is 0.444 bits per heavy atom. The Morgan fingerprint density at radius 2 is 1.11 bits per heavy atom. The number of rotatable bonds is 5. The number of oxazole rings is 1. The number of nitrogens with zero attached hydrogens (tertiary/aromatic N) is 2. The van der Waals surface area contributed by atoms with Gasteiger partial charge in [0.2, 0.25) is 5.89 Å². The van der Waals surface area contributed by atoms with Gasteiger partial charge in [0.15, 0.2) is 5.58 Å². The third kappa shape index (κ3) is 4.27. The van der Waals surface area contributed by atoms with Gasteiger partial charge in [0.25, 0.3) is 0 Å². The number of furan rings is 1. The van der Waals surface area contributed by atoms with Crippen LogP contribution >= 0.6 is 0 Å². The van der Waals surface area contributed by atoms with E-state index in [4.69, 9.17) is 13.8 Å². The summed E-state index contributed by atoms with van der Waals surface area (Å²) in [6.07, 6.45) is 0. The average Bonchev–Trinajstić information content (AvgIpc) is 3.72. The van der Waals surface area contributed by atoms with Crippen LogP contribution in [-0.2, 0) is 0 Å². The lowest BCUT2D eigenvalue weighted by atomic mass is 10.0. The van der Waals surface area contributed by atoms with Crippen LogP contribution in [0, 0.1) is 0 Å². The monoisotopic (exact) mass is 578 g/mol. The van der Waals surface area contributed by atoms with E-state index in [1.54, 1.807) is 0 Å². The van der Waals surface area contributed by atoms with Gasteiger partial charge in [-0.2, -0.15) is 0 Å². The number of hydrogen-bond donors (Lipinski definition) is 0. The van der Waals surface area contributed by atoms with Crippen molar-refractivity contribution in [3.63, 3.8) is 0 Å². The molecule has 0 saturated carbocycles. The number of para-hydroxylation sites is 1. The van der Waals surface area contributed by atoms with E-state index in [0.29, 0.717) is 5.89 Å². The molecule has 45 heavy (non-hydrogen) atoms. The van der Waals surface area contributed by atoms with E-state index < -0.39 is 0 Å². The van der Waals surface area contributed by atoms with Crippen LogP contribution in [0.5, 0.6) is 0 Å². The largest absolute Gasteiger partial charge is 0.456 e. The van der Waals surface area contributed by atoms with Crippen molar-refractivity contribution in [3.05, 3.63) is 158 Å². The van der Waals surface area contributed by atoms with Crippen molar-refractivity contribution in [2.24, 2.45) is 0 Å². The van der Waals surface area contributed by atoms with Gasteiger partial charge in [-0.15, -0.1) is 0 Å². The zero-order valence-corrected chi connectivity index (χ0v) is 24.2. The topological polar surface area (TPSA) is 42.4 Å². The van der Waals surface area contributed by atoms with Crippen LogP contribution in [0.2, 0.25) is 0 Å². The smallest absolute Gasteiger partial charge is 0.227 e. The van der Waals surface area contributed by atoms with E-state index in [1.165, 1.54) is 0 Å². The molecule has 0 aliphatic rings. The maximum atomic E-state index is 6.58. The van der Waals surface area contributed by atoms with Crippen LogP contribution in [0.25, 0.3) is 66.4 Å². The molecule has 9 aromatic rings. The van der Waals surface area contributed by atoms with Crippen LogP contribution < -0.4 is 4.90 Å². The van der Waals surface area contributed by atoms with E-state index in [-0.39, 0.29) is 0 Å². The first-order chi connectivity index (χ1) is 22.3. The van der Waals surface area contributed by atoms with Gasteiger partial charge in [0.05, 0.1) is 5.69 Å². The second-order valence-electron chi connectivity index (χ2n) is 11.2. The molecule has 212 valence electrons. The summed E-state index contributed by atoms with van der Waals surface area (Å²) in [5, 5.41) is 4.29. The number of benzene rings is 7. The van der Waals surface area contributed by atoms with Crippen LogP contribution in [0.1, 0.15) is 0 Å². The molecule has 0 spiro atoms. The molecule has 0 N–H and O–H groups in total. The standard InChI is InChI=1S/C41H26N2O2/c1-3-12-27(13-4-1)29-17-11-18-31(24-29)43(32-22-23-35-34-20-9-10-21-37(34)44-38(35)26-32)36-25-30-16-7-8-19-33(30)40-39(36)42-41(45-40)28-14-5-2-6-15-28/h1-26H. The van der Waals surface area contributed by atoms with Gasteiger partial charge < -0.3 is 13.7 Å². The summed E-state index contributed by atoms with van der Waals surface area (Å²) in [6.45, 7) is 0. The van der Waals surface area contributed by atoms with Crippen LogP contribution in [0.15, 0.2) is 167 Å². The summed E-state index contributed by atoms with van der Waals surface area (Å²) in [5.41, 5.74) is 9.38. The average molecular weight is 579 g/mol. The molecule has 2 aromatic heterocycles. The molecular weight excluding hydrogens is 552 g/mol. The van der Waals surface area contributed by atoms with Crippen LogP contribution in [-0.4, -0.2) is 4.98 Å². The SMILES string of the molecule is c1ccc(-c2cccc(N(c3ccc4c(c3)oc3ccccc34)c3cc4ccccc4c4oc(-c5ccccc5)nc34)c2)cc1. The minimum absolute atomic E-state index is 0.592. The third-order valence-electron chi connectivity index (χ3n) is 8.46. The molecule has 0 bridgehead atoms. The highest BCUT2D eigenvalue weighted by molar-refractivity contribution is 6.12. The van der Waals surface area contributed by atoms with Gasteiger partial charge in [-0.05, 0) is 65.0 Å². The van der Waals surface area contributed by atoms with Crippen molar-refractivity contribution in [1.82, 2.24) is 4.98 Å². The predicted octanol–water partition coefficient (Wildman–Crippen LogP) is 11.7. The fraction of sp³-hybridized carbons (Fsp3) is 0. The molecule has 7 aromatic carbocycles. The second kappa shape index (κ2) is 10.2. The summed E-state index contributed by atoms with van der Waals surface area (Å²) in [6, 6.07) is 54.4. The minimum atomic E-state index is 0.592. The number of aromatic nitrogens is 1. The third-order valence-corrected chi connectivity index (χ3v) is 8.46. The molecule has 2 heterocycles. The Hall–Kier alpha value is -6.13. The lowest BCUT2D eigenvalue weighted by molar-refractivity contribution is 0.623. The first kappa shape index (κ1) is 25.4. The number of hydrogen-bond acceptors (Lipinski definition) is 4. The number of anilines is 3. The van der Waals surface area contributed by atoms with Crippen LogP contribution in [0.3, 0.4) is 0 Å². The molecule has 0 unspecified atom stereocenters. The molecule has 0 fully saturated rings. The lowest BCUT2D eigenvalue weighted by Gasteiger charge is -2.26.